The Morgan fingerprint density at radius 3 is 1.83 bits per heavy atom. The molecule has 3 aromatic carbocycles. The molecule has 3 rings (SSSR count). The lowest BCUT2D eigenvalue weighted by Gasteiger charge is -2.23. The topological polar surface area (TPSA) is 58.9 Å². The highest BCUT2D eigenvalue weighted by molar-refractivity contribution is 6.13. The molecule has 0 bridgehead atoms. The summed E-state index contributed by atoms with van der Waals surface area (Å²) in [5.41, 5.74) is 2.89. The number of phenols is 1. The van der Waals surface area contributed by atoms with Gasteiger partial charge in [0, 0.05) is 17.5 Å². The van der Waals surface area contributed by atoms with Crippen molar-refractivity contribution in [2.45, 2.75) is 38.8 Å². The zero-order chi connectivity index (χ0) is 21.6. The van der Waals surface area contributed by atoms with E-state index in [0.717, 1.165) is 22.4 Å². The van der Waals surface area contributed by atoms with E-state index < -0.39 is 11.6 Å². The number of nitrogens with zero attached hydrogens (tertiary/aromatic N) is 1. The third-order valence-electron chi connectivity index (χ3n) is 4.42. The van der Waals surface area contributed by atoms with Crippen LogP contribution in [0.3, 0.4) is 0 Å². The van der Waals surface area contributed by atoms with Gasteiger partial charge >= 0.3 is 5.97 Å². The van der Waals surface area contributed by atoms with E-state index >= 15 is 0 Å². The normalized spacial score (nSPS) is 12.1. The van der Waals surface area contributed by atoms with Crippen molar-refractivity contribution < 1.29 is 14.6 Å². The molecule has 30 heavy (non-hydrogen) atoms. The summed E-state index contributed by atoms with van der Waals surface area (Å²) in [6.45, 7) is 5.55. The van der Waals surface area contributed by atoms with Gasteiger partial charge in [-0.1, -0.05) is 72.8 Å². The van der Waals surface area contributed by atoms with Gasteiger partial charge in [-0.3, -0.25) is 4.99 Å². The molecule has 0 fully saturated rings. The first-order chi connectivity index (χ1) is 14.3. The molecule has 4 heteroatoms. The highest BCUT2D eigenvalue weighted by atomic mass is 16.6. The second-order valence-corrected chi connectivity index (χ2v) is 8.13. The van der Waals surface area contributed by atoms with Crippen molar-refractivity contribution in [1.82, 2.24) is 0 Å². The van der Waals surface area contributed by atoms with Crippen LogP contribution in [0.1, 0.15) is 37.5 Å². The minimum Gasteiger partial charge on any atom is -0.508 e. The summed E-state index contributed by atoms with van der Waals surface area (Å²) in [6.07, 6.45) is 0.373. The zero-order valence-electron chi connectivity index (χ0n) is 17.6. The lowest BCUT2D eigenvalue weighted by molar-refractivity contribution is -0.156. The molecule has 0 aromatic heterocycles. The number of carbonyl (C=O) groups excluding carboxylic acids is 1. The predicted molar refractivity (Wildman–Crippen MR) is 120 cm³/mol. The maximum absolute atomic E-state index is 13.0. The summed E-state index contributed by atoms with van der Waals surface area (Å²) in [5.74, 6) is -0.190. The maximum Gasteiger partial charge on any atom is 0.331 e. The van der Waals surface area contributed by atoms with Gasteiger partial charge in [-0.2, -0.15) is 0 Å². The Morgan fingerprint density at radius 2 is 1.37 bits per heavy atom. The molecule has 1 atom stereocenters. The van der Waals surface area contributed by atoms with E-state index in [1.807, 2.05) is 81.4 Å². The van der Waals surface area contributed by atoms with Crippen LogP contribution in [-0.4, -0.2) is 28.4 Å². The van der Waals surface area contributed by atoms with Crippen LogP contribution in [-0.2, 0) is 16.0 Å². The van der Waals surface area contributed by atoms with Crippen molar-refractivity contribution in [2.24, 2.45) is 4.99 Å². The van der Waals surface area contributed by atoms with Gasteiger partial charge in [-0.05, 0) is 38.5 Å². The molecule has 0 saturated heterocycles. The second-order valence-electron chi connectivity index (χ2n) is 8.13. The van der Waals surface area contributed by atoms with Gasteiger partial charge in [-0.25, -0.2) is 4.79 Å². The van der Waals surface area contributed by atoms with Gasteiger partial charge in [0.2, 0.25) is 0 Å². The molecule has 0 spiro atoms. The van der Waals surface area contributed by atoms with Gasteiger partial charge in [0.15, 0.2) is 6.04 Å². The molecule has 0 amide bonds. The number of hydrogen-bond acceptors (Lipinski definition) is 4. The molecule has 0 aliphatic carbocycles. The van der Waals surface area contributed by atoms with Gasteiger partial charge in [0.25, 0.3) is 0 Å². The lowest BCUT2D eigenvalue weighted by Crippen LogP contribution is -2.33. The van der Waals surface area contributed by atoms with Crippen molar-refractivity contribution in [3.63, 3.8) is 0 Å². The number of phenolic OH excluding ortho intramolecular Hbond substituents is 1. The van der Waals surface area contributed by atoms with Gasteiger partial charge in [0.1, 0.15) is 11.4 Å². The molecular weight excluding hydrogens is 374 g/mol. The van der Waals surface area contributed by atoms with Crippen LogP contribution >= 0.6 is 0 Å². The predicted octanol–water partition coefficient (Wildman–Crippen LogP) is 5.18. The summed E-state index contributed by atoms with van der Waals surface area (Å²) in [5, 5.41) is 9.58. The Bertz CT molecular complexity index is 946. The average molecular weight is 402 g/mol. The quantitative estimate of drug-likeness (QED) is 0.457. The van der Waals surface area contributed by atoms with Crippen LogP contribution in [0.4, 0.5) is 0 Å². The first-order valence-electron chi connectivity index (χ1n) is 10.0. The molecule has 4 nitrogen and oxygen atoms in total. The van der Waals surface area contributed by atoms with E-state index in [1.165, 1.54) is 0 Å². The Kier molecular flexibility index (Phi) is 6.68. The third kappa shape index (κ3) is 6.05. The summed E-state index contributed by atoms with van der Waals surface area (Å²) in [7, 11) is 0. The summed E-state index contributed by atoms with van der Waals surface area (Å²) >= 11 is 0. The van der Waals surface area contributed by atoms with Crippen molar-refractivity contribution in [1.29, 1.82) is 0 Å². The van der Waals surface area contributed by atoms with E-state index in [9.17, 15) is 9.90 Å². The van der Waals surface area contributed by atoms with Crippen LogP contribution in [0.25, 0.3) is 0 Å². The number of aromatic hydroxyl groups is 1. The van der Waals surface area contributed by atoms with Gasteiger partial charge in [-0.15, -0.1) is 0 Å². The summed E-state index contributed by atoms with van der Waals surface area (Å²) < 4.78 is 5.67. The third-order valence-corrected chi connectivity index (χ3v) is 4.42. The Labute approximate surface area is 177 Å². The zero-order valence-corrected chi connectivity index (χ0v) is 17.6. The molecule has 0 radical (unpaired) electrons. The van der Waals surface area contributed by atoms with Gasteiger partial charge < -0.3 is 9.84 Å². The fourth-order valence-corrected chi connectivity index (χ4v) is 3.07. The smallest absolute Gasteiger partial charge is 0.331 e. The van der Waals surface area contributed by atoms with E-state index in [2.05, 4.69) is 0 Å². The Morgan fingerprint density at radius 1 is 0.867 bits per heavy atom. The number of benzene rings is 3. The summed E-state index contributed by atoms with van der Waals surface area (Å²) in [6, 6.07) is 25.8. The molecule has 0 heterocycles. The number of esters is 1. The lowest BCUT2D eigenvalue weighted by atomic mass is 10.0. The van der Waals surface area contributed by atoms with E-state index in [-0.39, 0.29) is 11.7 Å². The standard InChI is InChI=1S/C26H27NO3/c1-26(2,3)30-25(29)23(18-19-14-16-22(28)17-15-19)27-24(20-10-6-4-7-11-20)21-12-8-5-9-13-21/h4-17,23,28H,18H2,1-3H3. The number of ether oxygens (including phenoxy) is 1. The Hall–Kier alpha value is -3.40. The van der Waals surface area contributed by atoms with Crippen molar-refractivity contribution in [3.05, 3.63) is 102 Å². The molecule has 1 N–H and O–H groups in total. The molecule has 0 aliphatic heterocycles. The van der Waals surface area contributed by atoms with Gasteiger partial charge in [0.05, 0.1) is 5.71 Å². The van der Waals surface area contributed by atoms with Crippen molar-refractivity contribution in [3.8, 4) is 5.75 Å². The molecular formula is C26H27NO3. The van der Waals surface area contributed by atoms with Crippen LogP contribution in [0.2, 0.25) is 0 Å². The second kappa shape index (κ2) is 9.40. The minimum atomic E-state index is -0.718. The van der Waals surface area contributed by atoms with E-state index in [0.29, 0.717) is 6.42 Å². The maximum atomic E-state index is 13.0. The van der Waals surface area contributed by atoms with Crippen LogP contribution in [0.15, 0.2) is 89.9 Å². The number of aliphatic imine (C=N–C) groups is 1. The number of hydrogen-bond donors (Lipinski definition) is 1. The van der Waals surface area contributed by atoms with Crippen LogP contribution in [0.5, 0.6) is 5.75 Å². The van der Waals surface area contributed by atoms with Crippen LogP contribution in [0, 0.1) is 0 Å². The summed E-state index contributed by atoms with van der Waals surface area (Å²) in [4.78, 5) is 17.9. The highest BCUT2D eigenvalue weighted by Gasteiger charge is 2.26. The fourth-order valence-electron chi connectivity index (χ4n) is 3.07. The van der Waals surface area contributed by atoms with E-state index in [1.54, 1.807) is 24.3 Å². The fraction of sp³-hybridized carbons (Fsp3) is 0.231. The highest BCUT2D eigenvalue weighted by Crippen LogP contribution is 2.19. The monoisotopic (exact) mass is 401 g/mol. The average Bonchev–Trinajstić information content (AvgIpc) is 2.72. The van der Waals surface area contributed by atoms with E-state index in [4.69, 9.17) is 9.73 Å². The first kappa shape index (κ1) is 21.3. The molecule has 154 valence electrons. The molecule has 3 aromatic rings. The molecule has 1 unspecified atom stereocenters. The first-order valence-corrected chi connectivity index (χ1v) is 10.0. The number of rotatable bonds is 6. The largest absolute Gasteiger partial charge is 0.508 e. The molecule has 0 aliphatic rings. The number of carbonyl (C=O) groups is 1. The SMILES string of the molecule is CC(C)(C)OC(=O)C(Cc1ccc(O)cc1)N=C(c1ccccc1)c1ccccc1. The van der Waals surface area contributed by atoms with Crippen LogP contribution < -0.4 is 0 Å². The molecule has 0 saturated carbocycles. The Balaban J connectivity index is 2.05. The minimum absolute atomic E-state index is 0.185. The van der Waals surface area contributed by atoms with Crippen molar-refractivity contribution >= 4 is 11.7 Å². The van der Waals surface area contributed by atoms with Crippen molar-refractivity contribution in [2.75, 3.05) is 0 Å².